The Morgan fingerprint density at radius 3 is 2.78 bits per heavy atom. The van der Waals surface area contributed by atoms with Crippen LogP contribution in [0.4, 0.5) is 24.8 Å². The standard InChI is InChI=1S/C21H20F3N5O2S/c1-11-6-13(8-14(7-11)28-19-26-5-3-16(29-19)21(22,23)24)15-10-27-18(32-15)20(31)4-2-12(9-20)17(25)30/h3,5-8,10,12,31H,2,4,9H2,1H3,(H2,25,30)(H,26,28,29)/t12-,20+/m1/s1. The number of hydrogen-bond donors (Lipinski definition) is 3. The maximum absolute atomic E-state index is 12.9. The fraction of sp³-hybridized carbons (Fsp3) is 0.333. The molecule has 1 aromatic carbocycles. The minimum absolute atomic E-state index is 0.167. The molecule has 0 unspecified atom stereocenters. The van der Waals surface area contributed by atoms with Gasteiger partial charge in [0.1, 0.15) is 16.3 Å². The lowest BCUT2D eigenvalue weighted by Crippen LogP contribution is -2.26. The van der Waals surface area contributed by atoms with E-state index < -0.39 is 23.4 Å². The van der Waals surface area contributed by atoms with Crippen LogP contribution in [0.25, 0.3) is 10.4 Å². The molecule has 2 heterocycles. The first-order chi connectivity index (χ1) is 15.0. The van der Waals surface area contributed by atoms with E-state index >= 15 is 0 Å². The average Bonchev–Trinajstić information content (AvgIpc) is 3.35. The van der Waals surface area contributed by atoms with E-state index in [0.717, 1.165) is 28.3 Å². The molecule has 1 aliphatic carbocycles. The highest BCUT2D eigenvalue weighted by Gasteiger charge is 2.43. The predicted molar refractivity (Wildman–Crippen MR) is 113 cm³/mol. The van der Waals surface area contributed by atoms with E-state index in [-0.39, 0.29) is 18.3 Å². The number of primary amides is 1. The number of thiazole rings is 1. The van der Waals surface area contributed by atoms with E-state index in [9.17, 15) is 23.1 Å². The number of nitrogens with zero attached hydrogens (tertiary/aromatic N) is 3. The van der Waals surface area contributed by atoms with Gasteiger partial charge in [-0.2, -0.15) is 13.2 Å². The summed E-state index contributed by atoms with van der Waals surface area (Å²) in [5.74, 6) is -0.974. The van der Waals surface area contributed by atoms with Crippen LogP contribution in [-0.2, 0) is 16.6 Å². The normalized spacial score (nSPS) is 21.0. The number of amides is 1. The fourth-order valence-corrected chi connectivity index (χ4v) is 4.82. The third kappa shape index (κ3) is 4.58. The van der Waals surface area contributed by atoms with Crippen molar-refractivity contribution < 1.29 is 23.1 Å². The van der Waals surface area contributed by atoms with Crippen molar-refractivity contribution in [2.45, 2.75) is 38.0 Å². The third-order valence-corrected chi connectivity index (χ3v) is 6.60. The number of aryl methyl sites for hydroxylation is 1. The lowest BCUT2D eigenvalue weighted by Gasteiger charge is -2.19. The number of aliphatic hydroxyl groups is 1. The molecular formula is C21H20F3N5O2S. The number of halogens is 3. The van der Waals surface area contributed by atoms with Gasteiger partial charge in [0.25, 0.3) is 0 Å². The maximum Gasteiger partial charge on any atom is 0.433 e. The van der Waals surface area contributed by atoms with Crippen molar-refractivity contribution in [3.8, 4) is 10.4 Å². The second-order valence-electron chi connectivity index (χ2n) is 7.88. The van der Waals surface area contributed by atoms with Gasteiger partial charge in [0.05, 0.1) is 4.88 Å². The van der Waals surface area contributed by atoms with Crippen LogP contribution >= 0.6 is 11.3 Å². The van der Waals surface area contributed by atoms with Gasteiger partial charge in [-0.3, -0.25) is 4.79 Å². The summed E-state index contributed by atoms with van der Waals surface area (Å²) in [6.45, 7) is 1.85. The lowest BCUT2D eigenvalue weighted by atomic mass is 10.0. The Morgan fingerprint density at radius 2 is 2.09 bits per heavy atom. The van der Waals surface area contributed by atoms with Crippen molar-refractivity contribution in [2.24, 2.45) is 11.7 Å². The van der Waals surface area contributed by atoms with Crippen LogP contribution in [0.3, 0.4) is 0 Å². The van der Waals surface area contributed by atoms with Crippen molar-refractivity contribution in [3.63, 3.8) is 0 Å². The van der Waals surface area contributed by atoms with Crippen LogP contribution in [0.2, 0.25) is 0 Å². The van der Waals surface area contributed by atoms with Crippen molar-refractivity contribution in [1.29, 1.82) is 0 Å². The van der Waals surface area contributed by atoms with Crippen LogP contribution in [0.15, 0.2) is 36.7 Å². The average molecular weight is 463 g/mol. The van der Waals surface area contributed by atoms with Crippen molar-refractivity contribution in [1.82, 2.24) is 15.0 Å². The van der Waals surface area contributed by atoms with Crippen LogP contribution < -0.4 is 11.1 Å². The van der Waals surface area contributed by atoms with Crippen molar-refractivity contribution in [3.05, 3.63) is 52.9 Å². The zero-order chi connectivity index (χ0) is 23.1. The Bertz CT molecular complexity index is 1170. The molecule has 4 rings (SSSR count). The highest BCUT2D eigenvalue weighted by molar-refractivity contribution is 7.15. The van der Waals surface area contributed by atoms with Gasteiger partial charge in [0.15, 0.2) is 0 Å². The fourth-order valence-electron chi connectivity index (χ4n) is 3.79. The zero-order valence-electron chi connectivity index (χ0n) is 17.0. The van der Waals surface area contributed by atoms with Crippen LogP contribution in [0, 0.1) is 12.8 Å². The molecule has 7 nitrogen and oxygen atoms in total. The first-order valence-electron chi connectivity index (χ1n) is 9.81. The van der Waals surface area contributed by atoms with Crippen LogP contribution in [-0.4, -0.2) is 26.0 Å². The van der Waals surface area contributed by atoms with E-state index in [4.69, 9.17) is 5.73 Å². The third-order valence-electron chi connectivity index (χ3n) is 5.36. The summed E-state index contributed by atoms with van der Waals surface area (Å²) in [6.07, 6.45) is -0.731. The Labute approximate surface area is 185 Å². The largest absolute Gasteiger partial charge is 0.433 e. The molecule has 168 valence electrons. The Balaban J connectivity index is 1.59. The number of hydrogen-bond acceptors (Lipinski definition) is 7. The molecule has 3 aromatic rings. The molecule has 1 amide bonds. The Morgan fingerprint density at radius 1 is 1.31 bits per heavy atom. The summed E-state index contributed by atoms with van der Waals surface area (Å²) in [4.78, 5) is 24.0. The number of carbonyl (C=O) groups is 1. The highest BCUT2D eigenvalue weighted by atomic mass is 32.1. The number of carbonyl (C=O) groups excluding carboxylic acids is 1. The topological polar surface area (TPSA) is 114 Å². The summed E-state index contributed by atoms with van der Waals surface area (Å²) in [5, 5.41) is 14.3. The molecule has 0 bridgehead atoms. The van der Waals surface area contributed by atoms with Crippen LogP contribution in [0.5, 0.6) is 0 Å². The minimum Gasteiger partial charge on any atom is -0.383 e. The van der Waals surface area contributed by atoms with E-state index in [2.05, 4.69) is 20.3 Å². The Hall–Kier alpha value is -3.05. The second-order valence-corrected chi connectivity index (χ2v) is 8.91. The van der Waals surface area contributed by atoms with Crippen molar-refractivity contribution in [2.75, 3.05) is 5.32 Å². The van der Waals surface area contributed by atoms with Crippen molar-refractivity contribution >= 4 is 28.9 Å². The second kappa shape index (κ2) is 8.14. The summed E-state index contributed by atoms with van der Waals surface area (Å²) in [5.41, 5.74) is 5.30. The van der Waals surface area contributed by atoms with Gasteiger partial charge in [-0.05, 0) is 55.5 Å². The molecule has 0 saturated heterocycles. The molecule has 4 N–H and O–H groups in total. The van der Waals surface area contributed by atoms with Gasteiger partial charge in [-0.15, -0.1) is 11.3 Å². The molecule has 32 heavy (non-hydrogen) atoms. The Kier molecular flexibility index (Phi) is 5.63. The van der Waals surface area contributed by atoms with E-state index in [0.29, 0.717) is 23.5 Å². The van der Waals surface area contributed by atoms with Gasteiger partial charge in [-0.1, -0.05) is 6.07 Å². The molecule has 0 aliphatic heterocycles. The van der Waals surface area contributed by atoms with Gasteiger partial charge in [-0.25, -0.2) is 15.0 Å². The molecular weight excluding hydrogens is 443 g/mol. The summed E-state index contributed by atoms with van der Waals surface area (Å²) < 4.78 is 38.7. The number of anilines is 2. The van der Waals surface area contributed by atoms with E-state index in [1.807, 2.05) is 13.0 Å². The van der Waals surface area contributed by atoms with Gasteiger partial charge in [0.2, 0.25) is 11.9 Å². The minimum atomic E-state index is -4.57. The predicted octanol–water partition coefficient (Wildman–Crippen LogP) is 4.14. The number of nitrogens with one attached hydrogen (secondary N) is 1. The van der Waals surface area contributed by atoms with E-state index in [1.54, 1.807) is 18.3 Å². The monoisotopic (exact) mass is 463 g/mol. The molecule has 2 atom stereocenters. The molecule has 2 aromatic heterocycles. The molecule has 1 saturated carbocycles. The summed E-state index contributed by atoms with van der Waals surface area (Å²) in [6, 6.07) is 6.22. The number of alkyl halides is 3. The lowest BCUT2D eigenvalue weighted by molar-refractivity contribution is -0.141. The quantitative estimate of drug-likeness (QED) is 0.524. The SMILES string of the molecule is Cc1cc(Nc2nccc(C(F)(F)F)n2)cc(-c2cnc([C@]3(O)CC[C@@H](C(N)=O)C3)s2)c1. The van der Waals surface area contributed by atoms with E-state index in [1.165, 1.54) is 11.3 Å². The van der Waals surface area contributed by atoms with Gasteiger partial charge < -0.3 is 16.2 Å². The first kappa shape index (κ1) is 22.2. The first-order valence-corrected chi connectivity index (χ1v) is 10.6. The summed E-state index contributed by atoms with van der Waals surface area (Å²) in [7, 11) is 0. The molecule has 1 aliphatic rings. The molecule has 11 heteroatoms. The summed E-state index contributed by atoms with van der Waals surface area (Å²) >= 11 is 1.30. The zero-order valence-corrected chi connectivity index (χ0v) is 17.8. The smallest absolute Gasteiger partial charge is 0.383 e. The molecule has 0 spiro atoms. The number of rotatable bonds is 5. The number of benzene rings is 1. The highest BCUT2D eigenvalue weighted by Crippen LogP contribution is 2.45. The maximum atomic E-state index is 12.9. The van der Waals surface area contributed by atoms with Gasteiger partial charge in [0, 0.05) is 24.0 Å². The molecule has 1 fully saturated rings. The molecule has 0 radical (unpaired) electrons. The van der Waals surface area contributed by atoms with Crippen LogP contribution in [0.1, 0.15) is 35.5 Å². The number of aromatic nitrogens is 3. The number of nitrogens with two attached hydrogens (primary N) is 1. The van der Waals surface area contributed by atoms with Gasteiger partial charge >= 0.3 is 6.18 Å².